The summed E-state index contributed by atoms with van der Waals surface area (Å²) in [6, 6.07) is 21.6. The number of esters is 4. The van der Waals surface area contributed by atoms with Crippen LogP contribution in [0.2, 0.25) is 0 Å². The lowest BCUT2D eigenvalue weighted by Gasteiger charge is -2.28. The number of aliphatic hydroxyl groups excluding tert-OH is 1. The number of rotatable bonds is 12. The fourth-order valence-corrected chi connectivity index (χ4v) is 16.4. The highest BCUT2D eigenvalue weighted by molar-refractivity contribution is 6.15. The minimum Gasteiger partial charge on any atom is -0.462 e. The van der Waals surface area contributed by atoms with Crippen molar-refractivity contribution in [3.05, 3.63) is 168 Å². The maximum Gasteiger partial charge on any atom is 0.310 e. The number of morpholine rings is 1. The third-order valence-electron chi connectivity index (χ3n) is 21.6. The van der Waals surface area contributed by atoms with Crippen LogP contribution in [0.4, 0.5) is 0 Å². The molecule has 12 aliphatic heterocycles. The fraction of sp³-hybridized carbons (Fsp3) is 0.537. The van der Waals surface area contributed by atoms with E-state index in [4.69, 9.17) is 57.6 Å². The molecular formula is C80H94N6O14. The summed E-state index contributed by atoms with van der Waals surface area (Å²) >= 11 is 0. The largest absolute Gasteiger partial charge is 0.462 e. The van der Waals surface area contributed by atoms with Crippen molar-refractivity contribution in [1.29, 1.82) is 0 Å². The van der Waals surface area contributed by atoms with Gasteiger partial charge in [0.15, 0.2) is 0 Å². The summed E-state index contributed by atoms with van der Waals surface area (Å²) < 4.78 is 49.3. The zero-order chi connectivity index (χ0) is 68.5. The first-order chi connectivity index (χ1) is 48.9. The summed E-state index contributed by atoms with van der Waals surface area (Å²) in [5, 5.41) is 9.19. The normalized spacial score (nSPS) is 23.4. The van der Waals surface area contributed by atoms with Crippen LogP contribution >= 0.6 is 0 Å². The summed E-state index contributed by atoms with van der Waals surface area (Å²) in [6.45, 7) is 14.9. The predicted octanol–water partition coefficient (Wildman–Crippen LogP) is 8.88. The Morgan fingerprint density at radius 2 is 0.820 bits per heavy atom. The first-order valence-corrected chi connectivity index (χ1v) is 36.5. The Kier molecular flexibility index (Phi) is 22.6. The molecule has 20 nitrogen and oxygen atoms in total. The van der Waals surface area contributed by atoms with Crippen LogP contribution in [0.5, 0.6) is 0 Å². The molecule has 4 saturated heterocycles. The number of aliphatic hydroxyl groups is 1. The third kappa shape index (κ3) is 16.6. The molecule has 1 aromatic heterocycles. The minimum atomic E-state index is -0.230. The van der Waals surface area contributed by atoms with E-state index < -0.39 is 0 Å². The predicted molar refractivity (Wildman–Crippen MR) is 376 cm³/mol. The molecule has 0 radical (unpaired) electrons. The molecule has 0 bridgehead atoms. The Hall–Kier alpha value is -7.69. The van der Waals surface area contributed by atoms with E-state index >= 15 is 0 Å². The second-order valence-corrected chi connectivity index (χ2v) is 28.5. The maximum absolute atomic E-state index is 12.4. The summed E-state index contributed by atoms with van der Waals surface area (Å²) in [5.74, 6) is 0.914. The molecule has 4 atom stereocenters. The number of hydrogen-bond acceptors (Lipinski definition) is 20. The van der Waals surface area contributed by atoms with Gasteiger partial charge in [0.2, 0.25) is 0 Å². The van der Waals surface area contributed by atoms with Gasteiger partial charge in [-0.1, -0.05) is 24.3 Å². The molecule has 0 aliphatic carbocycles. The first-order valence-electron chi connectivity index (χ1n) is 36.5. The van der Waals surface area contributed by atoms with Gasteiger partial charge in [-0.15, -0.1) is 0 Å². The van der Waals surface area contributed by atoms with Crippen LogP contribution in [-0.2, 0) is 139 Å². The summed E-state index contributed by atoms with van der Waals surface area (Å²) in [6.07, 6.45) is 15.9. The fourth-order valence-electron chi connectivity index (χ4n) is 16.4. The number of pyridine rings is 1. The number of aliphatic imine (C=N–C) groups is 4. The molecule has 4 unspecified atom stereocenters. The molecule has 0 amide bonds. The van der Waals surface area contributed by atoms with E-state index in [9.17, 15) is 24.3 Å². The number of methoxy groups -OCH3 is 1. The Labute approximate surface area is 585 Å². The quantitative estimate of drug-likeness (QED) is 0.0906. The van der Waals surface area contributed by atoms with E-state index in [1.54, 1.807) is 19.5 Å². The molecule has 13 heterocycles. The van der Waals surface area contributed by atoms with E-state index in [1.807, 2.05) is 19.1 Å². The molecule has 4 aromatic carbocycles. The van der Waals surface area contributed by atoms with Crippen molar-refractivity contribution in [1.82, 2.24) is 9.88 Å². The van der Waals surface area contributed by atoms with E-state index in [0.29, 0.717) is 76.0 Å². The van der Waals surface area contributed by atoms with Crippen LogP contribution in [0.15, 0.2) is 93.0 Å². The standard InChI is InChI=1S/C23H30N2O4.C20H25NO4.C19H23NO4.C18H16N2O2/c26-22-14-17-11-19-15-24-23(16-2-7-27-8-3-16)21(19)13-18(17)12-20(29-22)1-4-25-5-9-28-10-6-25;1-23-5-4-17-9-15-10-18-16(8-14(15)11-19(22)25-17)12-21-20(18)13-2-6-24-7-3-13;21-4-1-16-8-14-9-17-15(7-13(14)10-18(22)24-16)11-20-19(17)12-2-5-23-6-3-12;1-11-6-13-8-16-15(7-14(13)9-17(21)22-11)10-20-18(16)12-2-4-19-5-3-12/h11,13,16,20H,1-10,12,14-15H2;8,10,13,17H,2-7,9,11-12H2,1H3;7,9,12,16,21H,1-6,8,10-11H2;2-5,7-8,11H,6,9-10H2,1H3. The molecule has 12 aliphatic rings. The van der Waals surface area contributed by atoms with Gasteiger partial charge >= 0.3 is 23.9 Å². The number of carbonyl (C=O) groups is 4. The van der Waals surface area contributed by atoms with Gasteiger partial charge in [0.1, 0.15) is 24.4 Å². The van der Waals surface area contributed by atoms with Crippen LogP contribution in [0.1, 0.15) is 159 Å². The third-order valence-corrected chi connectivity index (χ3v) is 21.6. The zero-order valence-corrected chi connectivity index (χ0v) is 57.9. The van der Waals surface area contributed by atoms with E-state index in [1.165, 1.54) is 83.9 Å². The number of carbonyl (C=O) groups excluding carboxylic acids is 4. The number of nitrogens with zero attached hydrogens (tertiary/aromatic N) is 6. The van der Waals surface area contributed by atoms with Gasteiger partial charge in [0, 0.05) is 193 Å². The molecule has 100 heavy (non-hydrogen) atoms. The SMILES string of the molecule is CC1Cc2cc3c(cc2CC(=O)O1)CN=C3c1ccncc1.COCCC1Cc2cc3c(cc2CC(=O)O1)CN=C3C1CCOCC1.O=C1Cc2cc3c(cc2CC(CCN2CCOCC2)O1)C(C1CCOCC1)=NC3.O=C1Cc2cc3c(cc2CC(CCO)O1)C(C1CCOCC1)=NC3. The van der Waals surface area contributed by atoms with Crippen LogP contribution in [0, 0.1) is 17.8 Å². The number of aromatic nitrogens is 1. The summed E-state index contributed by atoms with van der Waals surface area (Å²) in [5.41, 5.74) is 25.0. The first kappa shape index (κ1) is 69.4. The van der Waals surface area contributed by atoms with Crippen molar-refractivity contribution in [2.24, 2.45) is 37.7 Å². The van der Waals surface area contributed by atoms with Gasteiger partial charge < -0.3 is 47.7 Å². The molecule has 0 saturated carbocycles. The summed E-state index contributed by atoms with van der Waals surface area (Å²) in [7, 11) is 1.68. The van der Waals surface area contributed by atoms with Crippen LogP contribution in [-0.4, -0.2) is 179 Å². The highest BCUT2D eigenvalue weighted by Gasteiger charge is 2.35. The smallest absolute Gasteiger partial charge is 0.310 e. The highest BCUT2D eigenvalue weighted by atomic mass is 16.6. The van der Waals surface area contributed by atoms with Crippen molar-refractivity contribution in [3.8, 4) is 0 Å². The summed E-state index contributed by atoms with van der Waals surface area (Å²) in [4.78, 5) is 74.0. The number of fused-ring (bicyclic) bond motifs is 8. The lowest BCUT2D eigenvalue weighted by molar-refractivity contribution is -0.149. The monoisotopic (exact) mass is 1360 g/mol. The van der Waals surface area contributed by atoms with Gasteiger partial charge in [-0.3, -0.25) is 49.0 Å². The van der Waals surface area contributed by atoms with Gasteiger partial charge in [-0.2, -0.15) is 0 Å². The Balaban J connectivity index is 0.000000114. The van der Waals surface area contributed by atoms with E-state index in [-0.39, 0.29) is 54.9 Å². The number of cyclic esters (lactones) is 4. The number of benzene rings is 4. The second kappa shape index (κ2) is 32.5. The Morgan fingerprint density at radius 3 is 1.26 bits per heavy atom. The van der Waals surface area contributed by atoms with E-state index in [0.717, 1.165) is 190 Å². The topological polar surface area (TPSA) is 237 Å². The van der Waals surface area contributed by atoms with Crippen molar-refractivity contribution in [3.63, 3.8) is 0 Å². The second-order valence-electron chi connectivity index (χ2n) is 28.5. The average Bonchev–Trinajstić information content (AvgIpc) is 1.64. The molecule has 0 spiro atoms. The molecule has 17 rings (SSSR count). The molecule has 4 fully saturated rings. The minimum absolute atomic E-state index is 0.0347. The van der Waals surface area contributed by atoms with Crippen LogP contribution < -0.4 is 0 Å². The molecule has 5 aromatic rings. The Morgan fingerprint density at radius 1 is 0.440 bits per heavy atom. The van der Waals surface area contributed by atoms with Gasteiger partial charge in [-0.25, -0.2) is 0 Å². The maximum atomic E-state index is 12.4. The van der Waals surface area contributed by atoms with Gasteiger partial charge in [0.25, 0.3) is 0 Å². The molecule has 20 heteroatoms. The Bertz CT molecular complexity index is 3950. The van der Waals surface area contributed by atoms with Gasteiger partial charge in [0.05, 0.1) is 70.8 Å². The van der Waals surface area contributed by atoms with Crippen LogP contribution in [0.3, 0.4) is 0 Å². The van der Waals surface area contributed by atoms with E-state index in [2.05, 4.69) is 63.4 Å². The van der Waals surface area contributed by atoms with Crippen molar-refractivity contribution >= 4 is 46.7 Å². The molecular weight excluding hydrogens is 1270 g/mol. The molecule has 528 valence electrons. The highest BCUT2D eigenvalue weighted by Crippen LogP contribution is 2.37. The van der Waals surface area contributed by atoms with Crippen molar-refractivity contribution < 1.29 is 66.9 Å². The molecule has 1 N–H and O–H groups in total. The van der Waals surface area contributed by atoms with Crippen molar-refractivity contribution in [2.45, 2.75) is 167 Å². The lowest BCUT2D eigenvalue weighted by Crippen LogP contribution is -2.38. The number of hydrogen-bond donors (Lipinski definition) is 1. The average molecular weight is 1360 g/mol. The van der Waals surface area contributed by atoms with Crippen LogP contribution in [0.25, 0.3) is 0 Å². The number of ether oxygens (including phenoxy) is 9. The van der Waals surface area contributed by atoms with Crippen molar-refractivity contribution in [2.75, 3.05) is 92.8 Å². The zero-order valence-electron chi connectivity index (χ0n) is 57.9. The lowest BCUT2D eigenvalue weighted by atomic mass is 9.86. The van der Waals surface area contributed by atoms with Gasteiger partial charge in [-0.05, 0) is 155 Å².